The second-order valence-electron chi connectivity index (χ2n) is 9.12. The number of benzene rings is 2. The minimum Gasteiger partial charge on any atom is -0.466 e. The van der Waals surface area contributed by atoms with Gasteiger partial charge >= 0.3 is 11.9 Å². The molecule has 9 heteroatoms. The standard InChI is InChI=1S/C29H30N2O7/c1-6-30-17(2)21(26(33)37-4)24(20-15-11-8-12-16-20)31-25(30)22(18(3)32)23(19-13-9-7-10-14-19)29(36,27(31)34)28(35)38-5/h7-16,23-24,36H,6H2,1-5H3/t23-,24+,29-/m0/s1. The van der Waals surface area contributed by atoms with Crippen molar-refractivity contribution in [3.8, 4) is 0 Å². The van der Waals surface area contributed by atoms with Crippen molar-refractivity contribution >= 4 is 23.6 Å². The van der Waals surface area contributed by atoms with E-state index in [1.54, 1.807) is 72.5 Å². The fourth-order valence-corrected chi connectivity index (χ4v) is 5.50. The van der Waals surface area contributed by atoms with E-state index in [9.17, 15) is 24.3 Å². The number of rotatable bonds is 6. The molecule has 198 valence electrons. The van der Waals surface area contributed by atoms with E-state index in [0.717, 1.165) is 7.11 Å². The Balaban J connectivity index is 2.20. The van der Waals surface area contributed by atoms with Gasteiger partial charge in [-0.1, -0.05) is 60.7 Å². The third-order valence-electron chi connectivity index (χ3n) is 7.15. The molecule has 1 N–H and O–H groups in total. The van der Waals surface area contributed by atoms with Crippen LogP contribution in [0.3, 0.4) is 0 Å². The second kappa shape index (κ2) is 10.3. The van der Waals surface area contributed by atoms with Crippen molar-refractivity contribution < 1.29 is 33.8 Å². The Hall–Kier alpha value is -4.24. The molecule has 0 saturated carbocycles. The molecular formula is C29H30N2O7. The molecule has 2 aliphatic heterocycles. The lowest BCUT2D eigenvalue weighted by molar-refractivity contribution is -0.179. The van der Waals surface area contributed by atoms with E-state index in [4.69, 9.17) is 9.47 Å². The van der Waals surface area contributed by atoms with Crippen LogP contribution in [0.5, 0.6) is 0 Å². The molecule has 0 aromatic heterocycles. The first kappa shape index (κ1) is 26.8. The Morgan fingerprint density at radius 1 is 0.921 bits per heavy atom. The largest absolute Gasteiger partial charge is 0.466 e. The molecule has 0 spiro atoms. The van der Waals surface area contributed by atoms with Crippen LogP contribution >= 0.6 is 0 Å². The van der Waals surface area contributed by atoms with Gasteiger partial charge in [0.05, 0.1) is 31.8 Å². The van der Waals surface area contributed by atoms with Gasteiger partial charge in [0, 0.05) is 17.8 Å². The molecule has 2 heterocycles. The summed E-state index contributed by atoms with van der Waals surface area (Å²) >= 11 is 0. The van der Waals surface area contributed by atoms with Crippen LogP contribution in [-0.2, 0) is 28.7 Å². The van der Waals surface area contributed by atoms with E-state index in [1.165, 1.54) is 18.9 Å². The van der Waals surface area contributed by atoms with Crippen molar-refractivity contribution in [1.29, 1.82) is 0 Å². The number of ketones is 1. The predicted molar refractivity (Wildman–Crippen MR) is 137 cm³/mol. The Kier molecular flexibility index (Phi) is 7.24. The number of esters is 2. The van der Waals surface area contributed by atoms with Gasteiger partial charge in [0.2, 0.25) is 0 Å². The normalized spacial score (nSPS) is 23.3. The Morgan fingerprint density at radius 3 is 1.95 bits per heavy atom. The second-order valence-corrected chi connectivity index (χ2v) is 9.12. The summed E-state index contributed by atoms with van der Waals surface area (Å²) in [6.07, 6.45) is 0. The molecule has 0 aliphatic carbocycles. The smallest absolute Gasteiger partial charge is 0.348 e. The van der Waals surface area contributed by atoms with Crippen LogP contribution < -0.4 is 0 Å². The monoisotopic (exact) mass is 518 g/mol. The highest BCUT2D eigenvalue weighted by Crippen LogP contribution is 2.52. The molecule has 0 bridgehead atoms. The van der Waals surface area contributed by atoms with Crippen molar-refractivity contribution in [2.24, 2.45) is 0 Å². The number of fused-ring (bicyclic) bond motifs is 1. The highest BCUT2D eigenvalue weighted by Gasteiger charge is 2.64. The summed E-state index contributed by atoms with van der Waals surface area (Å²) in [6.45, 7) is 5.14. The SMILES string of the molecule is CCN1C(C)=C(C(=O)OC)[C@@H](c2ccccc2)N2C(=O)[C@](O)(C(=O)OC)[C@@H](c3ccccc3)C(C(C)=O)=C12. The van der Waals surface area contributed by atoms with E-state index in [2.05, 4.69) is 0 Å². The van der Waals surface area contributed by atoms with E-state index in [0.29, 0.717) is 16.8 Å². The lowest BCUT2D eigenvalue weighted by atomic mass is 9.71. The molecule has 0 saturated heterocycles. The predicted octanol–water partition coefficient (Wildman–Crippen LogP) is 2.84. The molecule has 2 aliphatic rings. The molecule has 0 unspecified atom stereocenters. The molecule has 2 aromatic rings. The molecule has 0 fully saturated rings. The summed E-state index contributed by atoms with van der Waals surface area (Å²) in [7, 11) is 2.30. The summed E-state index contributed by atoms with van der Waals surface area (Å²) in [5.41, 5.74) is -1.19. The quantitative estimate of drug-likeness (QED) is 0.459. The average Bonchev–Trinajstić information content (AvgIpc) is 2.93. The zero-order chi connectivity index (χ0) is 27.8. The molecule has 4 rings (SSSR count). The summed E-state index contributed by atoms with van der Waals surface area (Å²) in [6, 6.07) is 16.0. The van der Waals surface area contributed by atoms with Crippen LogP contribution in [0.2, 0.25) is 0 Å². The molecule has 38 heavy (non-hydrogen) atoms. The molecular weight excluding hydrogens is 488 g/mol. The summed E-state index contributed by atoms with van der Waals surface area (Å²) in [5, 5.41) is 12.0. The number of hydrogen-bond acceptors (Lipinski definition) is 8. The molecule has 2 aromatic carbocycles. The molecule has 0 radical (unpaired) electrons. The lowest BCUT2D eigenvalue weighted by Crippen LogP contribution is -2.65. The number of allylic oxidation sites excluding steroid dienone is 1. The third-order valence-corrected chi connectivity index (χ3v) is 7.15. The van der Waals surface area contributed by atoms with Crippen molar-refractivity contribution in [3.05, 3.63) is 94.5 Å². The maximum Gasteiger partial charge on any atom is 0.348 e. The fraction of sp³-hybridized carbons (Fsp3) is 0.310. The topological polar surface area (TPSA) is 113 Å². The summed E-state index contributed by atoms with van der Waals surface area (Å²) in [4.78, 5) is 57.2. The Bertz CT molecular complexity index is 1350. The third kappa shape index (κ3) is 3.90. The van der Waals surface area contributed by atoms with Gasteiger partial charge in [-0.25, -0.2) is 9.59 Å². The first-order valence-electron chi connectivity index (χ1n) is 12.2. The number of aliphatic hydroxyl groups is 1. The van der Waals surface area contributed by atoms with Gasteiger partial charge in [0.25, 0.3) is 11.5 Å². The number of amides is 1. The van der Waals surface area contributed by atoms with Crippen molar-refractivity contribution in [2.45, 2.75) is 38.3 Å². The molecule has 9 nitrogen and oxygen atoms in total. The fourth-order valence-electron chi connectivity index (χ4n) is 5.50. The van der Waals surface area contributed by atoms with Gasteiger partial charge in [0.15, 0.2) is 5.78 Å². The van der Waals surface area contributed by atoms with E-state index >= 15 is 0 Å². The minimum absolute atomic E-state index is 0.0507. The number of Topliss-reactive ketones (excluding diaryl/α,β-unsaturated/α-hetero) is 1. The average molecular weight is 519 g/mol. The Morgan fingerprint density at radius 2 is 1.47 bits per heavy atom. The van der Waals surface area contributed by atoms with Gasteiger partial charge in [-0.05, 0) is 31.9 Å². The van der Waals surface area contributed by atoms with Crippen LogP contribution in [0.1, 0.15) is 43.9 Å². The van der Waals surface area contributed by atoms with Gasteiger partial charge < -0.3 is 19.5 Å². The van der Waals surface area contributed by atoms with Gasteiger partial charge in [-0.3, -0.25) is 14.5 Å². The van der Waals surface area contributed by atoms with Crippen molar-refractivity contribution in [1.82, 2.24) is 9.80 Å². The van der Waals surface area contributed by atoms with Gasteiger partial charge in [-0.15, -0.1) is 0 Å². The number of carbonyl (C=O) groups excluding carboxylic acids is 4. The number of methoxy groups -OCH3 is 2. The van der Waals surface area contributed by atoms with Crippen molar-refractivity contribution in [2.75, 3.05) is 20.8 Å². The minimum atomic E-state index is -2.79. The maximum atomic E-state index is 14.5. The van der Waals surface area contributed by atoms with Crippen LogP contribution in [0.15, 0.2) is 83.3 Å². The van der Waals surface area contributed by atoms with E-state index < -0.39 is 41.2 Å². The summed E-state index contributed by atoms with van der Waals surface area (Å²) in [5.74, 6) is -4.52. The van der Waals surface area contributed by atoms with Gasteiger partial charge in [-0.2, -0.15) is 0 Å². The molecule has 1 amide bonds. The number of hydrogen-bond donors (Lipinski definition) is 1. The lowest BCUT2D eigenvalue weighted by Gasteiger charge is -2.52. The highest BCUT2D eigenvalue weighted by molar-refractivity contribution is 6.13. The first-order chi connectivity index (χ1) is 18.1. The maximum absolute atomic E-state index is 14.5. The summed E-state index contributed by atoms with van der Waals surface area (Å²) < 4.78 is 10.1. The highest BCUT2D eigenvalue weighted by atomic mass is 16.5. The number of carbonyl (C=O) groups is 4. The van der Waals surface area contributed by atoms with Crippen LogP contribution in [0.4, 0.5) is 0 Å². The zero-order valence-corrected chi connectivity index (χ0v) is 21.9. The van der Waals surface area contributed by atoms with E-state index in [-0.39, 0.29) is 23.5 Å². The van der Waals surface area contributed by atoms with Gasteiger partial charge in [0.1, 0.15) is 5.82 Å². The number of nitrogens with zero attached hydrogens (tertiary/aromatic N) is 2. The first-order valence-corrected chi connectivity index (χ1v) is 12.2. The number of ether oxygens (including phenoxy) is 2. The van der Waals surface area contributed by atoms with Crippen LogP contribution in [0, 0.1) is 0 Å². The van der Waals surface area contributed by atoms with Crippen LogP contribution in [-0.4, -0.2) is 64.9 Å². The van der Waals surface area contributed by atoms with E-state index in [1.807, 2.05) is 6.92 Å². The van der Waals surface area contributed by atoms with Crippen molar-refractivity contribution in [3.63, 3.8) is 0 Å². The molecule has 3 atom stereocenters. The Labute approximate surface area is 220 Å². The zero-order valence-electron chi connectivity index (χ0n) is 21.9. The van der Waals surface area contributed by atoms with Crippen LogP contribution in [0.25, 0.3) is 0 Å².